The molecule has 33 heavy (non-hydrogen) atoms. The molecule has 0 aliphatic carbocycles. The Morgan fingerprint density at radius 1 is 1.03 bits per heavy atom. The van der Waals surface area contributed by atoms with Crippen LogP contribution in [0.1, 0.15) is 27.7 Å². The fourth-order valence-electron chi connectivity index (χ4n) is 3.86. The molecule has 3 rings (SSSR count). The van der Waals surface area contributed by atoms with Gasteiger partial charge in [0.25, 0.3) is 0 Å². The van der Waals surface area contributed by atoms with Crippen molar-refractivity contribution in [1.29, 1.82) is 0 Å². The topological polar surface area (TPSA) is 160 Å². The van der Waals surface area contributed by atoms with Crippen LogP contribution >= 0.6 is 0 Å². The van der Waals surface area contributed by atoms with E-state index in [2.05, 4.69) is 15.4 Å². The standard InChI is InChI=1S/C20H32N2O11/c1-19(2)29-8-11(31-19)14-15-16(33-20(3,4)32-15)18(30-14)28-9-13(25)21-6-12(24)22-10(7-23)17(26)27-5/h10-11,14-16,18,23H,6-9H2,1-5H3,(H,21,25)(H,22,24)/t10-,11+,14+,15-,16-,18-/m0/s1. The Labute approximate surface area is 191 Å². The maximum atomic E-state index is 12.2. The first-order chi connectivity index (χ1) is 15.4. The van der Waals surface area contributed by atoms with Crippen LogP contribution in [0.3, 0.4) is 0 Å². The van der Waals surface area contributed by atoms with Crippen LogP contribution in [-0.4, -0.2) is 105 Å². The zero-order valence-electron chi connectivity index (χ0n) is 19.3. The molecule has 6 atom stereocenters. The third kappa shape index (κ3) is 6.38. The molecule has 3 heterocycles. The van der Waals surface area contributed by atoms with Gasteiger partial charge in [-0.25, -0.2) is 4.79 Å². The van der Waals surface area contributed by atoms with Crippen molar-refractivity contribution in [2.75, 3.05) is 33.5 Å². The van der Waals surface area contributed by atoms with Crippen LogP contribution in [0, 0.1) is 0 Å². The van der Waals surface area contributed by atoms with Crippen LogP contribution < -0.4 is 10.6 Å². The number of ether oxygens (including phenoxy) is 7. The Balaban J connectivity index is 1.49. The molecule has 13 nitrogen and oxygen atoms in total. The van der Waals surface area contributed by atoms with Gasteiger partial charge in [0.1, 0.15) is 31.0 Å². The number of hydrogen-bond acceptors (Lipinski definition) is 11. The summed E-state index contributed by atoms with van der Waals surface area (Å²) in [7, 11) is 1.13. The highest BCUT2D eigenvalue weighted by atomic mass is 16.8. The Morgan fingerprint density at radius 2 is 1.73 bits per heavy atom. The van der Waals surface area contributed by atoms with Gasteiger partial charge in [-0.05, 0) is 27.7 Å². The third-order valence-electron chi connectivity index (χ3n) is 5.27. The molecule has 13 heteroatoms. The second-order valence-electron chi connectivity index (χ2n) is 8.81. The number of carbonyl (C=O) groups is 3. The normalized spacial score (nSPS) is 32.7. The van der Waals surface area contributed by atoms with Gasteiger partial charge in [0, 0.05) is 0 Å². The number of esters is 1. The molecule has 0 saturated carbocycles. The molecule has 0 aromatic rings. The SMILES string of the molecule is COC(=O)[C@H](CO)NC(=O)CNC(=O)CO[C@H]1O[C@H]([C@H]2COC(C)(C)O2)[C@@H]2OC(C)(C)O[C@H]12. The second-order valence-corrected chi connectivity index (χ2v) is 8.81. The lowest BCUT2D eigenvalue weighted by Gasteiger charge is -2.26. The molecule has 0 spiro atoms. The molecule has 2 amide bonds. The molecular weight excluding hydrogens is 444 g/mol. The fourth-order valence-corrected chi connectivity index (χ4v) is 3.86. The summed E-state index contributed by atoms with van der Waals surface area (Å²) in [4.78, 5) is 35.5. The molecule has 3 fully saturated rings. The number of aliphatic hydroxyl groups is 1. The van der Waals surface area contributed by atoms with Crippen molar-refractivity contribution >= 4 is 17.8 Å². The average molecular weight is 476 g/mol. The van der Waals surface area contributed by atoms with E-state index in [4.69, 9.17) is 33.5 Å². The van der Waals surface area contributed by atoms with Crippen molar-refractivity contribution in [3.63, 3.8) is 0 Å². The second kappa shape index (κ2) is 10.2. The van der Waals surface area contributed by atoms with Gasteiger partial charge in [0.05, 0.1) is 26.9 Å². The summed E-state index contributed by atoms with van der Waals surface area (Å²) in [6.45, 7) is 5.99. The first-order valence-electron chi connectivity index (χ1n) is 10.6. The van der Waals surface area contributed by atoms with Crippen LogP contribution in [0.4, 0.5) is 0 Å². The van der Waals surface area contributed by atoms with Gasteiger partial charge in [0.15, 0.2) is 23.9 Å². The van der Waals surface area contributed by atoms with Gasteiger partial charge in [-0.3, -0.25) is 9.59 Å². The van der Waals surface area contributed by atoms with Gasteiger partial charge in [-0.1, -0.05) is 0 Å². The van der Waals surface area contributed by atoms with Gasteiger partial charge in [-0.15, -0.1) is 0 Å². The predicted molar refractivity (Wildman–Crippen MR) is 107 cm³/mol. The molecule has 0 unspecified atom stereocenters. The molecule has 188 valence electrons. The predicted octanol–water partition coefficient (Wildman–Crippen LogP) is -1.83. The first kappa shape index (κ1) is 25.7. The van der Waals surface area contributed by atoms with Gasteiger partial charge in [-0.2, -0.15) is 0 Å². The van der Waals surface area contributed by atoms with E-state index in [0.717, 1.165) is 7.11 Å². The molecule has 0 radical (unpaired) electrons. The minimum Gasteiger partial charge on any atom is -0.467 e. The van der Waals surface area contributed by atoms with E-state index in [1.807, 2.05) is 0 Å². The summed E-state index contributed by atoms with van der Waals surface area (Å²) in [6, 6.07) is -1.22. The van der Waals surface area contributed by atoms with E-state index in [-0.39, 0.29) is 0 Å². The van der Waals surface area contributed by atoms with Gasteiger partial charge in [0.2, 0.25) is 11.8 Å². The van der Waals surface area contributed by atoms with E-state index >= 15 is 0 Å². The molecule has 3 aliphatic heterocycles. The minimum absolute atomic E-state index is 0.313. The summed E-state index contributed by atoms with van der Waals surface area (Å²) in [5.41, 5.74) is 0. The van der Waals surface area contributed by atoms with Crippen LogP contribution in [0.5, 0.6) is 0 Å². The van der Waals surface area contributed by atoms with Crippen molar-refractivity contribution in [2.24, 2.45) is 0 Å². The van der Waals surface area contributed by atoms with E-state index in [1.165, 1.54) is 0 Å². The monoisotopic (exact) mass is 476 g/mol. The molecule has 0 aromatic carbocycles. The summed E-state index contributed by atoms with van der Waals surface area (Å²) in [6.07, 6.45) is -2.88. The summed E-state index contributed by atoms with van der Waals surface area (Å²) < 4.78 is 39.5. The Bertz CT molecular complexity index is 744. The van der Waals surface area contributed by atoms with Gasteiger partial charge < -0.3 is 48.9 Å². The number of rotatable bonds is 9. The lowest BCUT2D eigenvalue weighted by molar-refractivity contribution is -0.246. The van der Waals surface area contributed by atoms with Gasteiger partial charge >= 0.3 is 5.97 Å². The van der Waals surface area contributed by atoms with Crippen molar-refractivity contribution < 1.29 is 52.6 Å². The molecular formula is C20H32N2O11. The average Bonchev–Trinajstić information content (AvgIpc) is 3.37. The minimum atomic E-state index is -1.22. The summed E-state index contributed by atoms with van der Waals surface area (Å²) in [5, 5.41) is 13.7. The number of aliphatic hydroxyl groups excluding tert-OH is 1. The quantitative estimate of drug-likeness (QED) is 0.321. The molecule has 3 N–H and O–H groups in total. The lowest BCUT2D eigenvalue weighted by Crippen LogP contribution is -2.48. The molecule has 0 bridgehead atoms. The highest BCUT2D eigenvalue weighted by Crippen LogP contribution is 2.42. The van der Waals surface area contributed by atoms with Crippen LogP contribution in [0.2, 0.25) is 0 Å². The van der Waals surface area contributed by atoms with Crippen molar-refractivity contribution in [2.45, 2.75) is 76.0 Å². The molecule has 3 aliphatic rings. The summed E-state index contributed by atoms with van der Waals surface area (Å²) >= 11 is 0. The smallest absolute Gasteiger partial charge is 0.330 e. The van der Waals surface area contributed by atoms with Crippen LogP contribution in [0.15, 0.2) is 0 Å². The maximum absolute atomic E-state index is 12.2. The Hall–Kier alpha value is -1.87. The third-order valence-corrected chi connectivity index (χ3v) is 5.27. The first-order valence-corrected chi connectivity index (χ1v) is 10.6. The number of nitrogens with one attached hydrogen (secondary N) is 2. The van der Waals surface area contributed by atoms with E-state index in [0.29, 0.717) is 6.61 Å². The largest absolute Gasteiger partial charge is 0.467 e. The lowest BCUT2D eigenvalue weighted by atomic mass is 10.1. The highest BCUT2D eigenvalue weighted by molar-refractivity contribution is 5.88. The number of hydrogen-bond donors (Lipinski definition) is 3. The van der Waals surface area contributed by atoms with Crippen LogP contribution in [0.25, 0.3) is 0 Å². The number of methoxy groups -OCH3 is 1. The highest BCUT2D eigenvalue weighted by Gasteiger charge is 2.59. The Morgan fingerprint density at radius 3 is 2.33 bits per heavy atom. The summed E-state index contributed by atoms with van der Waals surface area (Å²) in [5.74, 6) is -3.69. The van der Waals surface area contributed by atoms with Crippen LogP contribution in [-0.2, 0) is 47.5 Å². The van der Waals surface area contributed by atoms with Crippen molar-refractivity contribution in [1.82, 2.24) is 10.6 Å². The number of carbonyl (C=O) groups excluding carboxylic acids is 3. The van der Waals surface area contributed by atoms with E-state index in [9.17, 15) is 14.4 Å². The molecule has 3 saturated heterocycles. The fraction of sp³-hybridized carbons (Fsp3) is 0.850. The zero-order valence-corrected chi connectivity index (χ0v) is 19.3. The zero-order chi connectivity index (χ0) is 24.4. The van der Waals surface area contributed by atoms with E-state index < -0.39 is 85.9 Å². The maximum Gasteiger partial charge on any atom is 0.330 e. The Kier molecular flexibility index (Phi) is 7.94. The molecule has 0 aromatic heterocycles. The van der Waals surface area contributed by atoms with Crippen molar-refractivity contribution in [3.05, 3.63) is 0 Å². The number of fused-ring (bicyclic) bond motifs is 1. The van der Waals surface area contributed by atoms with E-state index in [1.54, 1.807) is 27.7 Å². The number of amides is 2. The van der Waals surface area contributed by atoms with Crippen molar-refractivity contribution in [3.8, 4) is 0 Å².